The summed E-state index contributed by atoms with van der Waals surface area (Å²) in [4.78, 5) is 10.5. The number of aliphatic hydroxyl groups is 4. The van der Waals surface area contributed by atoms with Gasteiger partial charge in [-0.15, -0.1) is 0 Å². The Balaban J connectivity index is 0. The average Bonchev–Trinajstić information content (AvgIpc) is 2.32. The number of hydrogen-bond acceptors (Lipinski definition) is 6. The smallest absolute Gasteiger partial charge is 0.377 e. The van der Waals surface area contributed by atoms with Crippen LogP contribution in [0.2, 0.25) is 0 Å². The van der Waals surface area contributed by atoms with Crippen LogP contribution in [0.3, 0.4) is 0 Å². The van der Waals surface area contributed by atoms with Gasteiger partial charge in [0.1, 0.15) is 6.10 Å². The molecule has 6 nitrogen and oxygen atoms in total. The van der Waals surface area contributed by atoms with E-state index in [1.54, 1.807) is 0 Å². The Hall–Kier alpha value is 0.730. The molecule has 0 fully saturated rings. The quantitative estimate of drug-likeness (QED) is 0.313. The minimum absolute atomic E-state index is 0. The first-order valence-corrected chi connectivity index (χ1v) is 3.20. The molecule has 0 aromatic rings. The van der Waals surface area contributed by atoms with Gasteiger partial charge in [0.05, 0.1) is 6.61 Å². The van der Waals surface area contributed by atoms with Gasteiger partial charge in [0.25, 0.3) is 0 Å². The summed E-state index contributed by atoms with van der Waals surface area (Å²) in [5.41, 5.74) is 0. The fourth-order valence-electron chi connectivity index (χ4n) is 0.823. The summed E-state index contributed by atoms with van der Waals surface area (Å²) in [6.07, 6.45) is -2.78. The molecular weight excluding hydrogens is 214 g/mol. The molecule has 14 heavy (non-hydrogen) atoms. The number of rotatable bonds is 2. The second-order valence-corrected chi connectivity index (χ2v) is 2.31. The third-order valence-corrected chi connectivity index (χ3v) is 1.48. The van der Waals surface area contributed by atoms with E-state index in [4.69, 9.17) is 20.4 Å². The molecule has 8 heteroatoms. The third kappa shape index (κ3) is 3.39. The Labute approximate surface area is 124 Å². The molecule has 0 aromatic heterocycles. The van der Waals surface area contributed by atoms with Crippen molar-refractivity contribution >= 4 is 65.1 Å². The predicted molar refractivity (Wildman–Crippen MR) is 46.8 cm³/mol. The molecule has 70 valence electrons. The van der Waals surface area contributed by atoms with Gasteiger partial charge in [-0.2, -0.15) is 0 Å². The van der Waals surface area contributed by atoms with Crippen molar-refractivity contribution in [2.75, 3.05) is 6.61 Å². The summed E-state index contributed by atoms with van der Waals surface area (Å²) in [5, 5.41) is 35.0. The largest absolute Gasteiger partial charge is 0.505 e. The Bertz CT molecular complexity index is 240. The van der Waals surface area contributed by atoms with Crippen LogP contribution in [0.25, 0.3) is 0 Å². The first-order chi connectivity index (χ1) is 5.57. The number of carbonyl (C=O) groups excluding carboxylic acids is 1. The molecule has 1 aliphatic heterocycles. The molecule has 0 bridgehead atoms. The summed E-state index contributed by atoms with van der Waals surface area (Å²) in [6.45, 7) is -0.671. The van der Waals surface area contributed by atoms with Gasteiger partial charge in [-0.1, -0.05) is 0 Å². The minimum Gasteiger partial charge on any atom is -0.505 e. The second kappa shape index (κ2) is 7.08. The fraction of sp³-hybridized carbons (Fsp3) is 0.500. The van der Waals surface area contributed by atoms with E-state index >= 15 is 0 Å². The molecule has 0 aromatic carbocycles. The van der Waals surface area contributed by atoms with Crippen molar-refractivity contribution in [2.45, 2.75) is 12.2 Å². The molecule has 4 N–H and O–H groups in total. The van der Waals surface area contributed by atoms with Gasteiger partial charge >= 0.3 is 5.97 Å². The van der Waals surface area contributed by atoms with Crippen molar-refractivity contribution in [3.63, 3.8) is 0 Å². The van der Waals surface area contributed by atoms with Gasteiger partial charge in [-0.05, 0) is 0 Å². The van der Waals surface area contributed by atoms with Crippen LogP contribution in [0, 0.1) is 0 Å². The van der Waals surface area contributed by atoms with Crippen LogP contribution >= 0.6 is 0 Å². The molecule has 0 unspecified atom stereocenters. The van der Waals surface area contributed by atoms with Gasteiger partial charge < -0.3 is 25.2 Å². The van der Waals surface area contributed by atoms with E-state index in [9.17, 15) is 4.79 Å². The summed E-state index contributed by atoms with van der Waals surface area (Å²) < 4.78 is 4.32. The van der Waals surface area contributed by atoms with Crippen LogP contribution in [-0.2, 0) is 9.53 Å². The number of ether oxygens (including phenoxy) is 1. The SMILES string of the molecule is O=C1O[C@@H]([C@H](O)CO)C(O)=C1O.[Na].[Na]. The Kier molecular flexibility index (Phi) is 8.66. The molecule has 2 radical (unpaired) electrons. The van der Waals surface area contributed by atoms with E-state index in [2.05, 4.69) is 4.74 Å². The molecular formula is C6H8Na2O6. The summed E-state index contributed by atoms with van der Waals surface area (Å²) in [6, 6.07) is 0. The van der Waals surface area contributed by atoms with Crippen molar-refractivity contribution in [3.8, 4) is 0 Å². The van der Waals surface area contributed by atoms with E-state index in [1.807, 2.05) is 0 Å². The maximum atomic E-state index is 10.5. The monoisotopic (exact) mass is 222 g/mol. The molecule has 1 aliphatic rings. The molecule has 1 rings (SSSR count). The number of hydrogen-bond donors (Lipinski definition) is 4. The Morgan fingerprint density at radius 3 is 2.14 bits per heavy atom. The van der Waals surface area contributed by atoms with Gasteiger partial charge in [0.2, 0.25) is 5.76 Å². The number of aliphatic hydroxyl groups excluding tert-OH is 4. The van der Waals surface area contributed by atoms with Crippen LogP contribution in [-0.4, -0.2) is 104 Å². The van der Waals surface area contributed by atoms with Crippen LogP contribution in [0.5, 0.6) is 0 Å². The second-order valence-electron chi connectivity index (χ2n) is 2.31. The van der Waals surface area contributed by atoms with Crippen molar-refractivity contribution in [1.29, 1.82) is 0 Å². The maximum absolute atomic E-state index is 10.5. The van der Waals surface area contributed by atoms with E-state index in [0.717, 1.165) is 0 Å². The zero-order valence-corrected chi connectivity index (χ0v) is 12.0. The number of cyclic esters (lactones) is 1. The van der Waals surface area contributed by atoms with Crippen molar-refractivity contribution in [2.24, 2.45) is 0 Å². The first kappa shape index (κ1) is 17.1. The van der Waals surface area contributed by atoms with Gasteiger partial charge in [0, 0.05) is 59.1 Å². The minimum atomic E-state index is -1.42. The molecule has 1 heterocycles. The van der Waals surface area contributed by atoms with Crippen molar-refractivity contribution < 1.29 is 30.0 Å². The molecule has 0 saturated heterocycles. The van der Waals surface area contributed by atoms with Crippen LogP contribution in [0.1, 0.15) is 0 Å². The Morgan fingerprint density at radius 1 is 1.36 bits per heavy atom. The molecule has 2 atom stereocenters. The summed E-state index contributed by atoms with van der Waals surface area (Å²) in [5.74, 6) is -2.78. The predicted octanol–water partition coefficient (Wildman–Crippen LogP) is -2.17. The molecule has 0 spiro atoms. The molecule has 0 amide bonds. The normalized spacial score (nSPS) is 22.1. The van der Waals surface area contributed by atoms with Crippen LogP contribution in [0.4, 0.5) is 0 Å². The maximum Gasteiger partial charge on any atom is 0.377 e. The fourth-order valence-corrected chi connectivity index (χ4v) is 0.823. The number of carbonyl (C=O) groups is 1. The average molecular weight is 222 g/mol. The van der Waals surface area contributed by atoms with Crippen LogP contribution < -0.4 is 0 Å². The van der Waals surface area contributed by atoms with Crippen LogP contribution in [0.15, 0.2) is 11.5 Å². The zero-order valence-electron chi connectivity index (χ0n) is 7.97. The summed E-state index contributed by atoms with van der Waals surface area (Å²) in [7, 11) is 0. The van der Waals surface area contributed by atoms with Gasteiger partial charge in [-0.3, -0.25) is 0 Å². The topological polar surface area (TPSA) is 107 Å². The first-order valence-electron chi connectivity index (χ1n) is 3.20. The molecule has 0 saturated carbocycles. The zero-order chi connectivity index (χ0) is 9.30. The van der Waals surface area contributed by atoms with E-state index in [0.29, 0.717) is 0 Å². The standard InChI is InChI=1S/C6H8O6.2Na/c7-1-2(8)5-3(9)4(10)6(11)12-5;;/h2,5,7-10H,1H2;;/t2-,5+;;/m1../s1. The van der Waals surface area contributed by atoms with Crippen molar-refractivity contribution in [3.05, 3.63) is 11.5 Å². The van der Waals surface area contributed by atoms with E-state index in [-0.39, 0.29) is 59.1 Å². The van der Waals surface area contributed by atoms with Gasteiger partial charge in [0.15, 0.2) is 11.9 Å². The van der Waals surface area contributed by atoms with Crippen molar-refractivity contribution in [1.82, 2.24) is 0 Å². The number of esters is 1. The third-order valence-electron chi connectivity index (χ3n) is 1.48. The van der Waals surface area contributed by atoms with Gasteiger partial charge in [-0.25, -0.2) is 4.79 Å². The molecule has 0 aliphatic carbocycles. The summed E-state index contributed by atoms with van der Waals surface area (Å²) >= 11 is 0. The van der Waals surface area contributed by atoms with E-state index < -0.39 is 36.3 Å². The van der Waals surface area contributed by atoms with E-state index in [1.165, 1.54) is 0 Å². The Morgan fingerprint density at radius 2 is 1.86 bits per heavy atom.